The van der Waals surface area contributed by atoms with E-state index in [1.165, 1.54) is 6.42 Å². The van der Waals surface area contributed by atoms with Crippen LogP contribution in [0.5, 0.6) is 0 Å². The Morgan fingerprint density at radius 1 is 1.67 bits per heavy atom. The van der Waals surface area contributed by atoms with Gasteiger partial charge in [0.15, 0.2) is 0 Å². The Hall–Kier alpha value is -0.0400. The first-order valence-corrected chi connectivity index (χ1v) is 3.76. The van der Waals surface area contributed by atoms with Crippen LogP contribution in [0.3, 0.4) is 0 Å². The Balaban J connectivity index is 2.33. The van der Waals surface area contributed by atoms with Gasteiger partial charge in [0.25, 0.3) is 0 Å². The van der Waals surface area contributed by atoms with Crippen molar-refractivity contribution in [1.29, 1.82) is 0 Å². The topological polar surface area (TPSA) is 20.2 Å². The van der Waals surface area contributed by atoms with Gasteiger partial charge in [-0.25, -0.2) is 0 Å². The molecule has 0 saturated heterocycles. The maximum atomic E-state index is 9.33. The van der Waals surface area contributed by atoms with Crippen molar-refractivity contribution < 1.29 is 5.11 Å². The van der Waals surface area contributed by atoms with Crippen molar-refractivity contribution in [2.45, 2.75) is 39.7 Å². The maximum absolute atomic E-state index is 9.33. The van der Waals surface area contributed by atoms with Crippen molar-refractivity contribution in [3.8, 4) is 0 Å². The Morgan fingerprint density at radius 2 is 2.11 bits per heavy atom. The third-order valence-corrected chi connectivity index (χ3v) is 2.47. The molecule has 1 nitrogen and oxygen atoms in total. The molecule has 0 aromatic rings. The monoisotopic (exact) mass is 128 g/mol. The van der Waals surface area contributed by atoms with Crippen molar-refractivity contribution >= 4 is 0 Å². The van der Waals surface area contributed by atoms with Gasteiger partial charge >= 0.3 is 0 Å². The molecule has 0 aromatic heterocycles. The first kappa shape index (κ1) is 7.07. The Kier molecular flexibility index (Phi) is 1.55. The van der Waals surface area contributed by atoms with Crippen LogP contribution in [0, 0.1) is 11.3 Å². The molecule has 0 spiro atoms. The van der Waals surface area contributed by atoms with Crippen LogP contribution in [0.25, 0.3) is 0 Å². The number of hydrogen-bond donors (Lipinski definition) is 1. The summed E-state index contributed by atoms with van der Waals surface area (Å²) in [5.41, 5.74) is 0.440. The molecule has 1 N–H and O–H groups in total. The standard InChI is InChI=1S/C8H16O/c1-4-7(9)6-5-8(6,2)3/h6-7,9H,4-5H2,1-3H3/t6?,7-/m1/s1. The van der Waals surface area contributed by atoms with E-state index >= 15 is 0 Å². The summed E-state index contributed by atoms with van der Waals surface area (Å²) in [6.45, 7) is 6.48. The molecule has 0 amide bonds. The molecule has 0 aliphatic heterocycles. The molecule has 0 aromatic carbocycles. The summed E-state index contributed by atoms with van der Waals surface area (Å²) < 4.78 is 0. The number of aliphatic hydroxyl groups excluding tert-OH is 1. The van der Waals surface area contributed by atoms with Crippen molar-refractivity contribution in [2.24, 2.45) is 11.3 Å². The van der Waals surface area contributed by atoms with Crippen LogP contribution >= 0.6 is 0 Å². The highest BCUT2D eigenvalue weighted by atomic mass is 16.3. The Morgan fingerprint density at radius 3 is 2.22 bits per heavy atom. The lowest BCUT2D eigenvalue weighted by molar-refractivity contribution is 0.132. The highest BCUT2D eigenvalue weighted by Gasteiger charge is 2.48. The third-order valence-electron chi connectivity index (χ3n) is 2.47. The molecule has 0 heterocycles. The van der Waals surface area contributed by atoms with Crippen LogP contribution in [0.4, 0.5) is 0 Å². The summed E-state index contributed by atoms with van der Waals surface area (Å²) in [7, 11) is 0. The zero-order chi connectivity index (χ0) is 7.07. The van der Waals surface area contributed by atoms with Gasteiger partial charge in [-0.05, 0) is 24.2 Å². The summed E-state index contributed by atoms with van der Waals surface area (Å²) in [5.74, 6) is 0.586. The lowest BCUT2D eigenvalue weighted by atomic mass is 10.0. The fraction of sp³-hybridized carbons (Fsp3) is 1.00. The highest BCUT2D eigenvalue weighted by Crippen LogP contribution is 2.53. The predicted octanol–water partition coefficient (Wildman–Crippen LogP) is 1.80. The van der Waals surface area contributed by atoms with Crippen LogP contribution in [0.2, 0.25) is 0 Å². The van der Waals surface area contributed by atoms with Crippen molar-refractivity contribution in [3.05, 3.63) is 0 Å². The largest absolute Gasteiger partial charge is 0.393 e. The number of aliphatic hydroxyl groups is 1. The SMILES string of the molecule is CC[C@@H](O)C1CC1(C)C. The normalized spacial score (nSPS) is 34.0. The first-order chi connectivity index (χ1) is 4.08. The van der Waals surface area contributed by atoms with E-state index in [1.54, 1.807) is 0 Å². The molecule has 54 valence electrons. The first-order valence-electron chi connectivity index (χ1n) is 3.76. The molecule has 0 radical (unpaired) electrons. The van der Waals surface area contributed by atoms with E-state index in [-0.39, 0.29) is 6.10 Å². The summed E-state index contributed by atoms with van der Waals surface area (Å²) in [4.78, 5) is 0. The lowest BCUT2D eigenvalue weighted by Gasteiger charge is -2.08. The minimum Gasteiger partial charge on any atom is -0.393 e. The van der Waals surface area contributed by atoms with E-state index in [4.69, 9.17) is 0 Å². The molecule has 1 heteroatoms. The number of hydrogen-bond acceptors (Lipinski definition) is 1. The van der Waals surface area contributed by atoms with Crippen LogP contribution < -0.4 is 0 Å². The third kappa shape index (κ3) is 1.26. The van der Waals surface area contributed by atoms with E-state index in [1.807, 2.05) is 6.92 Å². The van der Waals surface area contributed by atoms with Gasteiger partial charge in [-0.15, -0.1) is 0 Å². The van der Waals surface area contributed by atoms with Crippen molar-refractivity contribution in [2.75, 3.05) is 0 Å². The summed E-state index contributed by atoms with van der Waals surface area (Å²) >= 11 is 0. The molecule has 1 aliphatic carbocycles. The van der Waals surface area contributed by atoms with Gasteiger partial charge in [-0.2, -0.15) is 0 Å². The summed E-state index contributed by atoms with van der Waals surface area (Å²) in [6, 6.07) is 0. The molecule has 9 heavy (non-hydrogen) atoms. The highest BCUT2D eigenvalue weighted by molar-refractivity contribution is 4.98. The summed E-state index contributed by atoms with van der Waals surface area (Å²) in [6.07, 6.45) is 2.08. The zero-order valence-corrected chi connectivity index (χ0v) is 6.52. The molecule has 0 bridgehead atoms. The van der Waals surface area contributed by atoms with Gasteiger partial charge in [0.2, 0.25) is 0 Å². The average molecular weight is 128 g/mol. The molecular weight excluding hydrogens is 112 g/mol. The lowest BCUT2D eigenvalue weighted by Crippen LogP contribution is -2.10. The quantitative estimate of drug-likeness (QED) is 0.601. The fourth-order valence-corrected chi connectivity index (χ4v) is 1.45. The van der Waals surface area contributed by atoms with E-state index in [0.717, 1.165) is 6.42 Å². The molecule has 1 unspecified atom stereocenters. The molecule has 1 fully saturated rings. The predicted molar refractivity (Wildman–Crippen MR) is 38.2 cm³/mol. The van der Waals surface area contributed by atoms with Crippen LogP contribution in [0.1, 0.15) is 33.6 Å². The van der Waals surface area contributed by atoms with Gasteiger partial charge < -0.3 is 5.11 Å². The van der Waals surface area contributed by atoms with E-state index < -0.39 is 0 Å². The second-order valence-electron chi connectivity index (χ2n) is 3.77. The smallest absolute Gasteiger partial charge is 0.0571 e. The summed E-state index contributed by atoms with van der Waals surface area (Å²) in [5, 5.41) is 9.33. The van der Waals surface area contributed by atoms with Crippen molar-refractivity contribution in [3.63, 3.8) is 0 Å². The van der Waals surface area contributed by atoms with Gasteiger partial charge in [0, 0.05) is 0 Å². The Labute approximate surface area is 57.1 Å². The van der Waals surface area contributed by atoms with E-state index in [0.29, 0.717) is 11.3 Å². The average Bonchev–Trinajstić information content (AvgIpc) is 2.38. The zero-order valence-electron chi connectivity index (χ0n) is 6.52. The molecule has 1 rings (SSSR count). The van der Waals surface area contributed by atoms with Crippen LogP contribution in [-0.4, -0.2) is 11.2 Å². The van der Waals surface area contributed by atoms with E-state index in [2.05, 4.69) is 13.8 Å². The fourth-order valence-electron chi connectivity index (χ4n) is 1.45. The molecule has 1 saturated carbocycles. The molecule has 2 atom stereocenters. The van der Waals surface area contributed by atoms with E-state index in [9.17, 15) is 5.11 Å². The minimum absolute atomic E-state index is 0.0417. The van der Waals surface area contributed by atoms with Crippen LogP contribution in [0.15, 0.2) is 0 Å². The van der Waals surface area contributed by atoms with Gasteiger partial charge in [-0.3, -0.25) is 0 Å². The van der Waals surface area contributed by atoms with Gasteiger partial charge in [0.1, 0.15) is 0 Å². The second kappa shape index (κ2) is 1.98. The van der Waals surface area contributed by atoms with Gasteiger partial charge in [-0.1, -0.05) is 20.8 Å². The van der Waals surface area contributed by atoms with Gasteiger partial charge in [0.05, 0.1) is 6.10 Å². The molecular formula is C8H16O. The maximum Gasteiger partial charge on any atom is 0.0571 e. The van der Waals surface area contributed by atoms with Crippen LogP contribution in [-0.2, 0) is 0 Å². The molecule has 1 aliphatic rings. The second-order valence-corrected chi connectivity index (χ2v) is 3.77. The number of rotatable bonds is 2. The van der Waals surface area contributed by atoms with Crippen molar-refractivity contribution in [1.82, 2.24) is 0 Å². The minimum atomic E-state index is -0.0417. The Bertz CT molecular complexity index is 107.